The van der Waals surface area contributed by atoms with Gasteiger partial charge in [0.1, 0.15) is 0 Å². The number of rotatable bonds is 8. The molecule has 0 aromatic heterocycles. The van der Waals surface area contributed by atoms with Gasteiger partial charge in [0.25, 0.3) is 5.91 Å². The maximum Gasteiger partial charge on any atom is 0.255 e. The predicted molar refractivity (Wildman–Crippen MR) is 171 cm³/mol. The van der Waals surface area contributed by atoms with Gasteiger partial charge in [-0.1, -0.05) is 103 Å². The molecule has 6 nitrogen and oxygen atoms in total. The molecule has 0 spiro atoms. The Morgan fingerprint density at radius 1 is 0.581 bits per heavy atom. The van der Waals surface area contributed by atoms with Crippen LogP contribution in [0, 0.1) is 0 Å². The number of hydrogen-bond donors (Lipinski definition) is 1. The van der Waals surface area contributed by atoms with Gasteiger partial charge >= 0.3 is 0 Å². The molecule has 1 fully saturated rings. The Bertz CT molecular complexity index is 1710. The zero-order valence-corrected chi connectivity index (χ0v) is 24.5. The summed E-state index contributed by atoms with van der Waals surface area (Å²) in [5, 5.41) is 2.87. The number of carbonyl (C=O) groups is 1. The van der Waals surface area contributed by atoms with Crippen LogP contribution in [0.25, 0.3) is 11.1 Å². The van der Waals surface area contributed by atoms with Crippen LogP contribution in [0.5, 0.6) is 0 Å². The van der Waals surface area contributed by atoms with Crippen LogP contribution < -0.4 is 5.32 Å². The molecule has 1 aliphatic rings. The fourth-order valence-electron chi connectivity index (χ4n) is 5.59. The van der Waals surface area contributed by atoms with Gasteiger partial charge < -0.3 is 5.32 Å². The maximum absolute atomic E-state index is 13.5. The van der Waals surface area contributed by atoms with Gasteiger partial charge in [0, 0.05) is 37.4 Å². The normalized spacial score (nSPS) is 14.4. The van der Waals surface area contributed by atoms with Gasteiger partial charge in [-0.25, -0.2) is 8.42 Å². The zero-order valence-electron chi connectivity index (χ0n) is 23.7. The van der Waals surface area contributed by atoms with E-state index in [1.165, 1.54) is 11.1 Å². The van der Waals surface area contributed by atoms with Crippen LogP contribution in [-0.2, 0) is 10.0 Å². The van der Waals surface area contributed by atoms with Gasteiger partial charge in [-0.15, -0.1) is 0 Å². The number of nitrogens with one attached hydrogen (secondary N) is 1. The van der Waals surface area contributed by atoms with Gasteiger partial charge in [-0.05, 0) is 58.7 Å². The molecule has 0 radical (unpaired) electrons. The molecule has 0 bridgehead atoms. The van der Waals surface area contributed by atoms with Gasteiger partial charge in [0.05, 0.1) is 10.9 Å². The molecule has 0 unspecified atom stereocenters. The number of anilines is 1. The van der Waals surface area contributed by atoms with E-state index in [2.05, 4.69) is 34.5 Å². The van der Waals surface area contributed by atoms with Crippen molar-refractivity contribution in [2.24, 2.45) is 0 Å². The summed E-state index contributed by atoms with van der Waals surface area (Å²) in [6, 6.07) is 44.5. The molecule has 1 N–H and O–H groups in total. The van der Waals surface area contributed by atoms with Crippen molar-refractivity contribution in [3.05, 3.63) is 156 Å². The number of amides is 1. The molecule has 6 rings (SSSR count). The summed E-state index contributed by atoms with van der Waals surface area (Å²) in [5.74, 6) is -0.252. The van der Waals surface area contributed by atoms with E-state index in [0.29, 0.717) is 37.4 Å². The Hall–Kier alpha value is -4.56. The van der Waals surface area contributed by atoms with E-state index in [-0.39, 0.29) is 16.8 Å². The van der Waals surface area contributed by atoms with Gasteiger partial charge in [0.2, 0.25) is 10.0 Å². The summed E-state index contributed by atoms with van der Waals surface area (Å²) in [7, 11) is -3.68. The molecule has 0 saturated carbocycles. The third kappa shape index (κ3) is 6.44. The maximum atomic E-state index is 13.5. The molecule has 5 aromatic rings. The SMILES string of the molecule is O=C(Nc1ccc(S(=O)(=O)N2CCN(C(c3ccccc3)c3ccccc3)CC2)cc1)c1ccc(-c2ccccc2)cc1. The second kappa shape index (κ2) is 12.8. The fourth-order valence-corrected chi connectivity index (χ4v) is 7.02. The Morgan fingerprint density at radius 2 is 1.07 bits per heavy atom. The van der Waals surface area contributed by atoms with Crippen LogP contribution in [0.3, 0.4) is 0 Å². The lowest BCUT2D eigenvalue weighted by Gasteiger charge is -2.39. The summed E-state index contributed by atoms with van der Waals surface area (Å²) in [5.41, 5.74) is 5.56. The average molecular weight is 588 g/mol. The van der Waals surface area contributed by atoms with E-state index in [9.17, 15) is 13.2 Å². The molecule has 43 heavy (non-hydrogen) atoms. The number of hydrogen-bond acceptors (Lipinski definition) is 4. The minimum absolute atomic E-state index is 0.0599. The summed E-state index contributed by atoms with van der Waals surface area (Å²) in [6.45, 7) is 2.03. The Kier molecular flexibility index (Phi) is 8.47. The molecule has 5 aromatic carbocycles. The molecule has 0 aliphatic carbocycles. The van der Waals surface area contributed by atoms with Gasteiger partial charge in [0.15, 0.2) is 0 Å². The largest absolute Gasteiger partial charge is 0.322 e. The minimum Gasteiger partial charge on any atom is -0.322 e. The molecule has 0 atom stereocenters. The molecule has 1 amide bonds. The Balaban J connectivity index is 1.10. The Morgan fingerprint density at radius 3 is 1.60 bits per heavy atom. The van der Waals surface area contributed by atoms with E-state index in [4.69, 9.17) is 0 Å². The highest BCUT2D eigenvalue weighted by atomic mass is 32.2. The second-order valence-electron chi connectivity index (χ2n) is 10.6. The van der Waals surface area contributed by atoms with Crippen LogP contribution in [0.15, 0.2) is 144 Å². The van der Waals surface area contributed by atoms with E-state index in [1.54, 1.807) is 40.7 Å². The minimum atomic E-state index is -3.68. The van der Waals surface area contributed by atoms with Crippen LogP contribution in [0.4, 0.5) is 5.69 Å². The van der Waals surface area contributed by atoms with Crippen molar-refractivity contribution in [2.45, 2.75) is 10.9 Å². The smallest absolute Gasteiger partial charge is 0.255 e. The van der Waals surface area contributed by atoms with Gasteiger partial charge in [-0.2, -0.15) is 4.31 Å². The Labute approximate surface area is 253 Å². The molecular weight excluding hydrogens is 554 g/mol. The van der Waals surface area contributed by atoms with Crippen molar-refractivity contribution in [3.8, 4) is 11.1 Å². The van der Waals surface area contributed by atoms with E-state index >= 15 is 0 Å². The molecule has 7 heteroatoms. The van der Waals surface area contributed by atoms with Crippen LogP contribution >= 0.6 is 0 Å². The first-order valence-electron chi connectivity index (χ1n) is 14.4. The first-order valence-corrected chi connectivity index (χ1v) is 15.8. The zero-order chi connectivity index (χ0) is 29.6. The highest BCUT2D eigenvalue weighted by Gasteiger charge is 2.32. The quantitative estimate of drug-likeness (QED) is 0.219. The topological polar surface area (TPSA) is 69.7 Å². The summed E-state index contributed by atoms with van der Waals surface area (Å²) in [6.07, 6.45) is 0. The van der Waals surface area contributed by atoms with Crippen molar-refractivity contribution < 1.29 is 13.2 Å². The van der Waals surface area contributed by atoms with Crippen molar-refractivity contribution >= 4 is 21.6 Å². The third-order valence-electron chi connectivity index (χ3n) is 7.87. The standard InChI is InChI=1S/C36H33N3O3S/c40-36(32-18-16-29(17-19-32)28-10-4-1-5-11-28)37-33-20-22-34(23-21-33)43(41,42)39-26-24-38(25-27-39)35(30-12-6-2-7-13-30)31-14-8-3-9-15-31/h1-23,35H,24-27H2,(H,37,40). The summed E-state index contributed by atoms with van der Waals surface area (Å²) < 4.78 is 28.6. The fraction of sp³-hybridized carbons (Fsp3) is 0.139. The van der Waals surface area contributed by atoms with Crippen molar-refractivity contribution in [2.75, 3.05) is 31.5 Å². The molecule has 1 heterocycles. The van der Waals surface area contributed by atoms with Gasteiger partial charge in [-0.3, -0.25) is 9.69 Å². The second-order valence-corrected chi connectivity index (χ2v) is 12.5. The van der Waals surface area contributed by atoms with Crippen molar-refractivity contribution in [3.63, 3.8) is 0 Å². The first kappa shape index (κ1) is 28.6. The molecular formula is C36H33N3O3S. The predicted octanol–water partition coefficient (Wildman–Crippen LogP) is 6.70. The number of nitrogens with zero attached hydrogens (tertiary/aromatic N) is 2. The molecule has 1 aliphatic heterocycles. The van der Waals surface area contributed by atoms with E-state index < -0.39 is 10.0 Å². The molecule has 1 saturated heterocycles. The lowest BCUT2D eigenvalue weighted by atomic mass is 9.96. The summed E-state index contributed by atoms with van der Waals surface area (Å²) in [4.78, 5) is 15.4. The first-order chi connectivity index (χ1) is 21.0. The lowest BCUT2D eigenvalue weighted by molar-refractivity contribution is 0.102. The number of benzene rings is 5. The van der Waals surface area contributed by atoms with Crippen molar-refractivity contribution in [1.29, 1.82) is 0 Å². The van der Waals surface area contributed by atoms with Crippen molar-refractivity contribution in [1.82, 2.24) is 9.21 Å². The lowest BCUT2D eigenvalue weighted by Crippen LogP contribution is -2.49. The van der Waals surface area contributed by atoms with Crippen LogP contribution in [-0.4, -0.2) is 49.7 Å². The summed E-state index contributed by atoms with van der Waals surface area (Å²) >= 11 is 0. The highest BCUT2D eigenvalue weighted by molar-refractivity contribution is 7.89. The van der Waals surface area contributed by atoms with Crippen LogP contribution in [0.1, 0.15) is 27.5 Å². The van der Waals surface area contributed by atoms with Crippen LogP contribution in [0.2, 0.25) is 0 Å². The molecule has 216 valence electrons. The van der Waals surface area contributed by atoms with E-state index in [0.717, 1.165) is 11.1 Å². The number of piperazine rings is 1. The highest BCUT2D eigenvalue weighted by Crippen LogP contribution is 2.30. The number of carbonyl (C=O) groups excluding carboxylic acids is 1. The van der Waals surface area contributed by atoms with E-state index in [1.807, 2.05) is 78.9 Å². The number of sulfonamides is 1. The average Bonchev–Trinajstić information content (AvgIpc) is 3.07. The third-order valence-corrected chi connectivity index (χ3v) is 9.79. The monoisotopic (exact) mass is 587 g/mol.